The summed E-state index contributed by atoms with van der Waals surface area (Å²) in [6, 6.07) is 2.29. The van der Waals surface area contributed by atoms with E-state index in [1.54, 1.807) is 0 Å². The van der Waals surface area contributed by atoms with Gasteiger partial charge in [-0.3, -0.25) is 9.59 Å². The van der Waals surface area contributed by atoms with Gasteiger partial charge in [0.05, 0.1) is 0 Å². The lowest BCUT2D eigenvalue weighted by Crippen LogP contribution is -2.20. The SMILES string of the molecule is CC(=O)NCc1ccc(F)c(CCC(=O)O)c1F. The molecule has 0 saturated heterocycles. The van der Waals surface area contributed by atoms with Crippen LogP contribution in [0.15, 0.2) is 12.1 Å². The number of hydrogen-bond donors (Lipinski definition) is 2. The van der Waals surface area contributed by atoms with Crippen LogP contribution in [0.4, 0.5) is 8.78 Å². The molecule has 0 heterocycles. The number of aliphatic carboxylic acids is 1. The van der Waals surface area contributed by atoms with Gasteiger partial charge < -0.3 is 10.4 Å². The zero-order chi connectivity index (χ0) is 13.7. The molecule has 0 fully saturated rings. The first kappa shape index (κ1) is 14.1. The summed E-state index contributed by atoms with van der Waals surface area (Å²) in [5.41, 5.74) is -0.132. The van der Waals surface area contributed by atoms with Crippen molar-refractivity contribution in [3.63, 3.8) is 0 Å². The third-order valence-corrected chi connectivity index (χ3v) is 2.38. The molecule has 0 radical (unpaired) electrons. The van der Waals surface area contributed by atoms with Crippen LogP contribution < -0.4 is 5.32 Å². The molecule has 0 atom stereocenters. The minimum atomic E-state index is -1.12. The van der Waals surface area contributed by atoms with Crippen LogP contribution in [0.2, 0.25) is 0 Å². The molecule has 0 unspecified atom stereocenters. The maximum absolute atomic E-state index is 13.9. The van der Waals surface area contributed by atoms with Crippen molar-refractivity contribution < 1.29 is 23.5 Å². The van der Waals surface area contributed by atoms with E-state index in [4.69, 9.17) is 5.11 Å². The number of hydrogen-bond acceptors (Lipinski definition) is 2. The summed E-state index contributed by atoms with van der Waals surface area (Å²) in [5.74, 6) is -3.03. The number of nitrogens with one attached hydrogen (secondary N) is 1. The lowest BCUT2D eigenvalue weighted by molar-refractivity contribution is -0.137. The Morgan fingerprint density at radius 3 is 2.56 bits per heavy atom. The van der Waals surface area contributed by atoms with E-state index < -0.39 is 17.6 Å². The average molecular weight is 257 g/mol. The van der Waals surface area contributed by atoms with Crippen LogP contribution in [0.5, 0.6) is 0 Å². The molecule has 0 saturated carbocycles. The van der Waals surface area contributed by atoms with Crippen LogP contribution >= 0.6 is 0 Å². The van der Waals surface area contributed by atoms with Gasteiger partial charge in [-0.15, -0.1) is 0 Å². The van der Waals surface area contributed by atoms with Crippen LogP contribution in [0.25, 0.3) is 0 Å². The maximum Gasteiger partial charge on any atom is 0.303 e. The summed E-state index contributed by atoms with van der Waals surface area (Å²) in [5, 5.41) is 10.9. The minimum absolute atomic E-state index is 0.0540. The van der Waals surface area contributed by atoms with E-state index in [0.717, 1.165) is 6.07 Å². The Bertz CT molecular complexity index is 475. The third-order valence-electron chi connectivity index (χ3n) is 2.38. The zero-order valence-corrected chi connectivity index (χ0v) is 9.80. The van der Waals surface area contributed by atoms with Gasteiger partial charge in [0.25, 0.3) is 0 Å². The zero-order valence-electron chi connectivity index (χ0n) is 9.80. The first-order valence-electron chi connectivity index (χ1n) is 5.33. The molecule has 1 aromatic rings. The second-order valence-corrected chi connectivity index (χ2v) is 3.80. The monoisotopic (exact) mass is 257 g/mol. The predicted molar refractivity (Wildman–Crippen MR) is 59.8 cm³/mol. The molecule has 6 heteroatoms. The molecule has 98 valence electrons. The van der Waals surface area contributed by atoms with Crippen molar-refractivity contribution >= 4 is 11.9 Å². The van der Waals surface area contributed by atoms with Crippen LogP contribution in [0, 0.1) is 11.6 Å². The highest BCUT2D eigenvalue weighted by Gasteiger charge is 2.14. The quantitative estimate of drug-likeness (QED) is 0.842. The Balaban J connectivity index is 2.91. The average Bonchev–Trinajstić information content (AvgIpc) is 2.27. The second kappa shape index (κ2) is 6.09. The highest BCUT2D eigenvalue weighted by Crippen LogP contribution is 2.18. The number of halogens is 2. The van der Waals surface area contributed by atoms with E-state index in [-0.39, 0.29) is 36.4 Å². The smallest absolute Gasteiger partial charge is 0.303 e. The normalized spacial score (nSPS) is 10.2. The van der Waals surface area contributed by atoms with E-state index in [2.05, 4.69) is 5.32 Å². The number of benzene rings is 1. The molecule has 18 heavy (non-hydrogen) atoms. The van der Waals surface area contributed by atoms with Crippen LogP contribution in [-0.4, -0.2) is 17.0 Å². The Labute approximate surface area is 103 Å². The summed E-state index contributed by atoms with van der Waals surface area (Å²) in [7, 11) is 0. The van der Waals surface area contributed by atoms with Crippen molar-refractivity contribution in [3.05, 3.63) is 34.9 Å². The molecule has 0 aromatic heterocycles. The van der Waals surface area contributed by atoms with Crippen molar-refractivity contribution in [1.29, 1.82) is 0 Å². The second-order valence-electron chi connectivity index (χ2n) is 3.80. The van der Waals surface area contributed by atoms with Gasteiger partial charge in [0.2, 0.25) is 5.91 Å². The number of amides is 1. The van der Waals surface area contributed by atoms with Gasteiger partial charge in [-0.2, -0.15) is 0 Å². The Morgan fingerprint density at radius 2 is 2.00 bits per heavy atom. The van der Waals surface area contributed by atoms with Gasteiger partial charge in [0.1, 0.15) is 11.6 Å². The van der Waals surface area contributed by atoms with E-state index in [9.17, 15) is 18.4 Å². The Hall–Kier alpha value is -1.98. The highest BCUT2D eigenvalue weighted by molar-refractivity contribution is 5.72. The van der Waals surface area contributed by atoms with Gasteiger partial charge in [-0.25, -0.2) is 8.78 Å². The van der Waals surface area contributed by atoms with Gasteiger partial charge in [-0.1, -0.05) is 6.07 Å². The fourth-order valence-corrected chi connectivity index (χ4v) is 1.46. The van der Waals surface area contributed by atoms with Gasteiger partial charge in [0.15, 0.2) is 0 Å². The fourth-order valence-electron chi connectivity index (χ4n) is 1.46. The number of carbonyl (C=O) groups is 2. The molecular formula is C12H13F2NO3. The summed E-state index contributed by atoms with van der Waals surface area (Å²) >= 11 is 0. The van der Waals surface area contributed by atoms with Gasteiger partial charge >= 0.3 is 5.97 Å². The molecule has 1 rings (SSSR count). The van der Waals surface area contributed by atoms with Crippen molar-refractivity contribution in [2.45, 2.75) is 26.3 Å². The standard InChI is InChI=1S/C12H13F2NO3/c1-7(16)15-6-8-2-4-10(13)9(12(8)14)3-5-11(17)18/h2,4H,3,5-6H2,1H3,(H,15,16)(H,17,18). The third kappa shape index (κ3) is 3.80. The predicted octanol–water partition coefficient (Wildman–Crippen LogP) is 1.62. The number of carboxylic acids is 1. The van der Waals surface area contributed by atoms with Crippen molar-refractivity contribution in [3.8, 4) is 0 Å². The largest absolute Gasteiger partial charge is 0.481 e. The molecule has 2 N–H and O–H groups in total. The molecule has 0 aliphatic rings. The van der Waals surface area contributed by atoms with E-state index >= 15 is 0 Å². The van der Waals surface area contributed by atoms with Crippen LogP contribution in [0.1, 0.15) is 24.5 Å². The first-order chi connectivity index (χ1) is 8.41. The lowest BCUT2D eigenvalue weighted by atomic mass is 10.0. The van der Waals surface area contributed by atoms with E-state index in [1.807, 2.05) is 0 Å². The summed E-state index contributed by atoms with van der Waals surface area (Å²) in [6.45, 7) is 1.23. The topological polar surface area (TPSA) is 66.4 Å². The summed E-state index contributed by atoms with van der Waals surface area (Å²) in [6.07, 6.45) is -0.571. The molecule has 0 aliphatic heterocycles. The first-order valence-corrected chi connectivity index (χ1v) is 5.33. The van der Waals surface area contributed by atoms with E-state index in [1.165, 1.54) is 13.0 Å². The van der Waals surface area contributed by atoms with Crippen LogP contribution in [-0.2, 0) is 22.6 Å². The van der Waals surface area contributed by atoms with Gasteiger partial charge in [-0.05, 0) is 12.5 Å². The maximum atomic E-state index is 13.9. The summed E-state index contributed by atoms with van der Waals surface area (Å²) in [4.78, 5) is 21.1. The molecular weight excluding hydrogens is 244 g/mol. The molecule has 0 aliphatic carbocycles. The minimum Gasteiger partial charge on any atom is -0.481 e. The van der Waals surface area contributed by atoms with Crippen molar-refractivity contribution in [2.24, 2.45) is 0 Å². The van der Waals surface area contributed by atoms with Crippen molar-refractivity contribution in [1.82, 2.24) is 5.32 Å². The Kier molecular flexibility index (Phi) is 4.76. The van der Waals surface area contributed by atoms with Gasteiger partial charge in [0, 0.05) is 31.0 Å². The highest BCUT2D eigenvalue weighted by atomic mass is 19.1. The van der Waals surface area contributed by atoms with E-state index in [0.29, 0.717) is 0 Å². The summed E-state index contributed by atoms with van der Waals surface area (Å²) < 4.78 is 27.2. The fraction of sp³-hybridized carbons (Fsp3) is 0.333. The molecule has 1 aromatic carbocycles. The lowest BCUT2D eigenvalue weighted by Gasteiger charge is -2.09. The Morgan fingerprint density at radius 1 is 1.33 bits per heavy atom. The molecule has 0 bridgehead atoms. The van der Waals surface area contributed by atoms with Crippen molar-refractivity contribution in [2.75, 3.05) is 0 Å². The number of rotatable bonds is 5. The van der Waals surface area contributed by atoms with Crippen LogP contribution in [0.3, 0.4) is 0 Å². The number of carbonyl (C=O) groups excluding carboxylic acids is 1. The molecule has 4 nitrogen and oxygen atoms in total. The molecule has 1 amide bonds. The number of carboxylic acid groups (broad SMARTS) is 1. The molecule has 0 spiro atoms.